The second kappa shape index (κ2) is 6.65. The van der Waals surface area contributed by atoms with Crippen molar-refractivity contribution in [1.29, 1.82) is 0 Å². The maximum absolute atomic E-state index is 12.6. The fourth-order valence-corrected chi connectivity index (χ4v) is 3.99. The molecule has 1 fully saturated rings. The van der Waals surface area contributed by atoms with Gasteiger partial charge in [0, 0.05) is 4.88 Å². The predicted octanol–water partition coefficient (Wildman–Crippen LogP) is 3.15. The number of methoxy groups -OCH3 is 2. The molecule has 0 aliphatic carbocycles. The van der Waals surface area contributed by atoms with Crippen LogP contribution in [0.5, 0.6) is 5.75 Å². The van der Waals surface area contributed by atoms with E-state index in [1.165, 1.54) is 18.4 Å². The van der Waals surface area contributed by atoms with Gasteiger partial charge in [0.25, 0.3) is 0 Å². The van der Waals surface area contributed by atoms with Crippen molar-refractivity contribution in [2.75, 3.05) is 14.2 Å². The summed E-state index contributed by atoms with van der Waals surface area (Å²) >= 11 is 1.46. The molecule has 2 aromatic rings. The first-order valence-corrected chi connectivity index (χ1v) is 8.41. The number of thiophene rings is 1. The number of rotatable bonds is 5. The molecule has 0 radical (unpaired) electrons. The molecule has 0 N–H and O–H groups in total. The number of cyclic esters (lactones) is 1. The summed E-state index contributed by atoms with van der Waals surface area (Å²) in [6.07, 6.45) is -0.258. The Bertz CT molecular complexity index is 722. The van der Waals surface area contributed by atoms with Crippen molar-refractivity contribution in [3.63, 3.8) is 0 Å². The molecule has 0 bridgehead atoms. The molecule has 1 aromatic carbocycles. The second-order valence-corrected chi connectivity index (χ2v) is 6.71. The molecule has 2 atom stereocenters. The third-order valence-corrected chi connectivity index (χ3v) is 5.20. The molecule has 126 valence electrons. The molecular formula is C18H18O5S. The van der Waals surface area contributed by atoms with Crippen LogP contribution in [0.15, 0.2) is 41.8 Å². The first kappa shape index (κ1) is 16.5. The van der Waals surface area contributed by atoms with Crippen LogP contribution in [0.2, 0.25) is 0 Å². The third kappa shape index (κ3) is 2.89. The van der Waals surface area contributed by atoms with E-state index in [1.54, 1.807) is 7.11 Å². The van der Waals surface area contributed by atoms with Gasteiger partial charge in [-0.05, 0) is 35.6 Å². The maximum Gasteiger partial charge on any atom is 0.316 e. The second-order valence-electron chi connectivity index (χ2n) is 5.73. The molecule has 0 saturated carbocycles. The number of benzene rings is 1. The fraction of sp³-hybridized carbons (Fsp3) is 0.333. The van der Waals surface area contributed by atoms with Gasteiger partial charge >= 0.3 is 11.9 Å². The molecule has 1 saturated heterocycles. The van der Waals surface area contributed by atoms with E-state index < -0.39 is 17.5 Å². The molecule has 0 spiro atoms. The lowest BCUT2D eigenvalue weighted by atomic mass is 9.75. The van der Waals surface area contributed by atoms with E-state index in [0.29, 0.717) is 6.42 Å². The van der Waals surface area contributed by atoms with Crippen molar-refractivity contribution in [3.8, 4) is 5.75 Å². The predicted molar refractivity (Wildman–Crippen MR) is 88.9 cm³/mol. The van der Waals surface area contributed by atoms with Gasteiger partial charge < -0.3 is 14.2 Å². The minimum Gasteiger partial charge on any atom is -0.497 e. The Hall–Kier alpha value is -2.34. The van der Waals surface area contributed by atoms with Crippen molar-refractivity contribution in [2.45, 2.75) is 18.9 Å². The Morgan fingerprint density at radius 2 is 2.04 bits per heavy atom. The topological polar surface area (TPSA) is 61.8 Å². The average Bonchev–Trinajstić information content (AvgIpc) is 3.23. The van der Waals surface area contributed by atoms with E-state index in [2.05, 4.69) is 0 Å². The Morgan fingerprint density at radius 3 is 2.62 bits per heavy atom. The van der Waals surface area contributed by atoms with Gasteiger partial charge in [-0.3, -0.25) is 9.59 Å². The molecule has 1 aliphatic heterocycles. The highest BCUT2D eigenvalue weighted by atomic mass is 32.1. The van der Waals surface area contributed by atoms with Crippen LogP contribution in [0, 0.1) is 5.41 Å². The Balaban J connectivity index is 1.99. The number of hydrogen-bond acceptors (Lipinski definition) is 6. The van der Waals surface area contributed by atoms with Crippen molar-refractivity contribution in [1.82, 2.24) is 0 Å². The number of carbonyl (C=O) groups excluding carboxylic acids is 2. The summed E-state index contributed by atoms with van der Waals surface area (Å²) in [6, 6.07) is 11.2. The van der Waals surface area contributed by atoms with E-state index in [4.69, 9.17) is 14.2 Å². The molecule has 3 rings (SSSR count). The van der Waals surface area contributed by atoms with Crippen molar-refractivity contribution < 1.29 is 23.8 Å². The van der Waals surface area contributed by atoms with E-state index in [9.17, 15) is 9.59 Å². The van der Waals surface area contributed by atoms with Crippen molar-refractivity contribution in [2.24, 2.45) is 5.41 Å². The molecular weight excluding hydrogens is 328 g/mol. The lowest BCUT2D eigenvalue weighted by Crippen LogP contribution is -2.37. The number of carbonyl (C=O) groups is 2. The highest BCUT2D eigenvalue weighted by Gasteiger charge is 2.56. The van der Waals surface area contributed by atoms with Crippen LogP contribution in [0.3, 0.4) is 0 Å². The molecule has 2 unspecified atom stereocenters. The quantitative estimate of drug-likeness (QED) is 0.778. The van der Waals surface area contributed by atoms with Gasteiger partial charge in [0.1, 0.15) is 11.2 Å². The zero-order valence-electron chi connectivity index (χ0n) is 13.5. The van der Waals surface area contributed by atoms with Crippen LogP contribution in [-0.2, 0) is 25.5 Å². The SMILES string of the molecule is COC(=O)C1(Cc2ccc(OC)cc2)CC(=O)OC1c1cccs1. The highest BCUT2D eigenvalue weighted by Crippen LogP contribution is 2.50. The highest BCUT2D eigenvalue weighted by molar-refractivity contribution is 7.10. The van der Waals surface area contributed by atoms with Crippen LogP contribution in [0.25, 0.3) is 0 Å². The zero-order chi connectivity index (χ0) is 17.2. The minimum absolute atomic E-state index is 0.00820. The number of esters is 2. The molecule has 6 heteroatoms. The number of ether oxygens (including phenoxy) is 3. The largest absolute Gasteiger partial charge is 0.497 e. The third-order valence-electron chi connectivity index (χ3n) is 4.28. The summed E-state index contributed by atoms with van der Waals surface area (Å²) < 4.78 is 15.7. The molecule has 1 aliphatic rings. The van der Waals surface area contributed by atoms with Crippen molar-refractivity contribution >= 4 is 23.3 Å². The normalized spacial score (nSPS) is 22.9. The van der Waals surface area contributed by atoms with E-state index >= 15 is 0 Å². The Morgan fingerprint density at radius 1 is 1.29 bits per heavy atom. The van der Waals surface area contributed by atoms with Gasteiger partial charge in [-0.2, -0.15) is 0 Å². The van der Waals surface area contributed by atoms with E-state index in [0.717, 1.165) is 16.2 Å². The molecule has 5 nitrogen and oxygen atoms in total. The molecule has 1 aromatic heterocycles. The minimum atomic E-state index is -1.05. The first-order chi connectivity index (χ1) is 11.6. The molecule has 0 amide bonds. The zero-order valence-corrected chi connectivity index (χ0v) is 14.3. The van der Waals surface area contributed by atoms with E-state index in [1.807, 2.05) is 41.8 Å². The van der Waals surface area contributed by atoms with Gasteiger partial charge in [-0.25, -0.2) is 0 Å². The van der Waals surface area contributed by atoms with Crippen molar-refractivity contribution in [3.05, 3.63) is 52.2 Å². The lowest BCUT2D eigenvalue weighted by molar-refractivity contribution is -0.156. The van der Waals surface area contributed by atoms with Crippen LogP contribution >= 0.6 is 11.3 Å². The average molecular weight is 346 g/mol. The van der Waals surface area contributed by atoms with Crippen LogP contribution in [-0.4, -0.2) is 26.2 Å². The molecule has 2 heterocycles. The summed E-state index contributed by atoms with van der Waals surface area (Å²) in [5, 5.41) is 1.90. The standard InChI is InChI=1S/C18H18O5S/c1-21-13-7-5-12(6-8-13)10-18(17(20)22-2)11-15(19)23-16(18)14-4-3-9-24-14/h3-9,16H,10-11H2,1-2H3. The Kier molecular flexibility index (Phi) is 4.57. The summed E-state index contributed by atoms with van der Waals surface area (Å²) in [6.45, 7) is 0. The Labute approximate surface area is 144 Å². The summed E-state index contributed by atoms with van der Waals surface area (Å²) in [5.41, 5.74) is -0.133. The lowest BCUT2D eigenvalue weighted by Gasteiger charge is -2.29. The summed E-state index contributed by atoms with van der Waals surface area (Å²) in [7, 11) is 2.94. The summed E-state index contributed by atoms with van der Waals surface area (Å²) in [5.74, 6) is -0.0747. The fourth-order valence-electron chi connectivity index (χ4n) is 3.12. The van der Waals surface area contributed by atoms with Crippen LogP contribution < -0.4 is 4.74 Å². The maximum atomic E-state index is 12.6. The smallest absolute Gasteiger partial charge is 0.316 e. The van der Waals surface area contributed by atoms with Crippen LogP contribution in [0.4, 0.5) is 0 Å². The summed E-state index contributed by atoms with van der Waals surface area (Å²) in [4.78, 5) is 25.5. The monoisotopic (exact) mass is 346 g/mol. The van der Waals surface area contributed by atoms with Gasteiger partial charge in [0.15, 0.2) is 6.10 Å². The van der Waals surface area contributed by atoms with E-state index in [-0.39, 0.29) is 12.4 Å². The van der Waals surface area contributed by atoms with Gasteiger partial charge in [0.05, 0.1) is 20.6 Å². The first-order valence-electron chi connectivity index (χ1n) is 7.53. The number of hydrogen-bond donors (Lipinski definition) is 0. The van der Waals surface area contributed by atoms with Crippen LogP contribution in [0.1, 0.15) is 23.0 Å². The van der Waals surface area contributed by atoms with Gasteiger partial charge in [-0.15, -0.1) is 11.3 Å². The van der Waals surface area contributed by atoms with Gasteiger partial charge in [-0.1, -0.05) is 18.2 Å². The van der Waals surface area contributed by atoms with Gasteiger partial charge in [0.2, 0.25) is 0 Å². The molecule has 24 heavy (non-hydrogen) atoms.